The first-order valence-corrected chi connectivity index (χ1v) is 10.9. The maximum atomic E-state index is 15.2. The van der Waals surface area contributed by atoms with E-state index in [0.29, 0.717) is 29.8 Å². The highest BCUT2D eigenvalue weighted by Gasteiger charge is 2.21. The number of pyridine rings is 1. The van der Waals surface area contributed by atoms with Crippen molar-refractivity contribution in [3.05, 3.63) is 76.0 Å². The predicted octanol–water partition coefficient (Wildman–Crippen LogP) is 5.18. The van der Waals surface area contributed by atoms with Crippen LogP contribution in [0, 0.1) is 25.5 Å². The largest absolute Gasteiger partial charge is 0.506 e. The number of halogens is 2. The number of rotatable bonds is 7. The third-order valence-corrected chi connectivity index (χ3v) is 5.76. The number of nitrogens with zero attached hydrogens (tertiary/aromatic N) is 2. The summed E-state index contributed by atoms with van der Waals surface area (Å²) in [7, 11) is 0. The molecule has 176 valence electrons. The summed E-state index contributed by atoms with van der Waals surface area (Å²) in [5, 5.41) is 13.9. The lowest BCUT2D eigenvalue weighted by atomic mass is 9.94. The van der Waals surface area contributed by atoms with Crippen LogP contribution in [0.2, 0.25) is 0 Å². The van der Waals surface area contributed by atoms with Gasteiger partial charge in [-0.1, -0.05) is 23.7 Å². The van der Waals surface area contributed by atoms with Crippen LogP contribution in [-0.2, 0) is 22.5 Å². The van der Waals surface area contributed by atoms with Crippen molar-refractivity contribution in [2.45, 2.75) is 40.0 Å². The zero-order valence-electron chi connectivity index (χ0n) is 19.1. The fourth-order valence-corrected chi connectivity index (χ4v) is 3.91. The Morgan fingerprint density at radius 1 is 1.15 bits per heavy atom. The van der Waals surface area contributed by atoms with Gasteiger partial charge in [-0.3, -0.25) is 0 Å². The Morgan fingerprint density at radius 3 is 2.65 bits per heavy atom. The standard InChI is InChI=1S/C26H24F2N2O4/c1-4-16-10-23(33-13-18-12-24(32)34-30-18)25(28)15(3)19(16)11-17-6-8-22(31)26(29-17)20-9-14(2)5-7-21(20)27/h5-10,31H,4,11-13H2,1-3H3. The Morgan fingerprint density at radius 2 is 1.94 bits per heavy atom. The van der Waals surface area contributed by atoms with Gasteiger partial charge in [-0.05, 0) is 67.3 Å². The van der Waals surface area contributed by atoms with E-state index in [9.17, 15) is 14.3 Å². The number of carbonyl (C=O) groups is 1. The zero-order valence-corrected chi connectivity index (χ0v) is 19.1. The summed E-state index contributed by atoms with van der Waals surface area (Å²) in [4.78, 5) is 20.2. The first-order valence-electron chi connectivity index (χ1n) is 10.9. The van der Waals surface area contributed by atoms with E-state index >= 15 is 4.39 Å². The number of aryl methyl sites for hydroxylation is 2. The van der Waals surface area contributed by atoms with Gasteiger partial charge in [-0.25, -0.2) is 18.6 Å². The average molecular weight is 466 g/mol. The molecule has 0 saturated carbocycles. The zero-order chi connectivity index (χ0) is 24.4. The quantitative estimate of drug-likeness (QED) is 0.485. The normalized spacial score (nSPS) is 13.1. The lowest BCUT2D eigenvalue weighted by molar-refractivity contribution is -0.140. The van der Waals surface area contributed by atoms with Crippen molar-refractivity contribution >= 4 is 11.7 Å². The van der Waals surface area contributed by atoms with Crippen molar-refractivity contribution in [1.82, 2.24) is 4.98 Å². The minimum atomic E-state index is -0.512. The maximum absolute atomic E-state index is 15.2. The van der Waals surface area contributed by atoms with Gasteiger partial charge >= 0.3 is 5.97 Å². The number of benzene rings is 2. The van der Waals surface area contributed by atoms with Gasteiger partial charge in [0.2, 0.25) is 0 Å². The van der Waals surface area contributed by atoms with Crippen LogP contribution in [0.25, 0.3) is 11.3 Å². The van der Waals surface area contributed by atoms with Crippen molar-refractivity contribution in [2.75, 3.05) is 6.61 Å². The Kier molecular flexibility index (Phi) is 6.58. The lowest BCUT2D eigenvalue weighted by Crippen LogP contribution is -2.13. The van der Waals surface area contributed by atoms with Crippen molar-refractivity contribution in [2.24, 2.45) is 5.16 Å². The van der Waals surface area contributed by atoms with E-state index in [1.54, 1.807) is 31.2 Å². The van der Waals surface area contributed by atoms with Crippen LogP contribution >= 0.6 is 0 Å². The molecule has 1 aliphatic heterocycles. The number of hydrogen-bond acceptors (Lipinski definition) is 6. The monoisotopic (exact) mass is 466 g/mol. The molecule has 0 fully saturated rings. The smallest absolute Gasteiger partial charge is 0.340 e. The van der Waals surface area contributed by atoms with Gasteiger partial charge in [0.05, 0.1) is 6.42 Å². The van der Waals surface area contributed by atoms with E-state index in [1.165, 1.54) is 12.1 Å². The van der Waals surface area contributed by atoms with E-state index in [1.807, 2.05) is 13.8 Å². The Balaban J connectivity index is 1.64. The van der Waals surface area contributed by atoms with Gasteiger partial charge < -0.3 is 14.7 Å². The van der Waals surface area contributed by atoms with Crippen molar-refractivity contribution in [3.63, 3.8) is 0 Å². The van der Waals surface area contributed by atoms with E-state index in [2.05, 4.69) is 15.0 Å². The lowest BCUT2D eigenvalue weighted by Gasteiger charge is -2.17. The number of oxime groups is 1. The van der Waals surface area contributed by atoms with E-state index in [0.717, 1.165) is 16.7 Å². The summed E-state index contributed by atoms with van der Waals surface area (Å²) in [6.45, 7) is 5.40. The van der Waals surface area contributed by atoms with Gasteiger partial charge in [-0.15, -0.1) is 0 Å². The fourth-order valence-electron chi connectivity index (χ4n) is 3.91. The third-order valence-electron chi connectivity index (χ3n) is 5.76. The number of aromatic hydroxyl groups is 1. The summed E-state index contributed by atoms with van der Waals surface area (Å²) in [6.07, 6.45) is 0.935. The Labute approximate surface area is 195 Å². The van der Waals surface area contributed by atoms with Gasteiger partial charge in [-0.2, -0.15) is 0 Å². The van der Waals surface area contributed by atoms with Gasteiger partial charge in [0.15, 0.2) is 11.6 Å². The number of aromatic nitrogens is 1. The minimum absolute atomic E-state index is 0.0235. The molecular formula is C26H24F2N2O4. The second-order valence-electron chi connectivity index (χ2n) is 8.22. The summed E-state index contributed by atoms with van der Waals surface area (Å²) in [5.41, 5.74) is 4.18. The number of carbonyl (C=O) groups excluding carboxylic acids is 1. The second-order valence-corrected chi connectivity index (χ2v) is 8.22. The molecule has 1 aliphatic rings. The molecule has 0 unspecified atom stereocenters. The summed E-state index contributed by atoms with van der Waals surface area (Å²) >= 11 is 0. The molecule has 4 rings (SSSR count). The Bertz CT molecular complexity index is 1300. The topological polar surface area (TPSA) is 81.0 Å². The summed E-state index contributed by atoms with van der Waals surface area (Å²) < 4.78 is 35.2. The molecule has 0 radical (unpaired) electrons. The molecule has 3 aromatic rings. The Hall–Kier alpha value is -3.81. The third kappa shape index (κ3) is 4.76. The van der Waals surface area contributed by atoms with Crippen LogP contribution in [-0.4, -0.2) is 28.4 Å². The SMILES string of the molecule is CCc1cc(OCC2=NOC(=O)C2)c(F)c(C)c1Cc1ccc(O)c(-c2cc(C)ccc2F)n1. The molecular weight excluding hydrogens is 442 g/mol. The van der Waals surface area contributed by atoms with Crippen molar-refractivity contribution < 1.29 is 28.3 Å². The number of hydrogen-bond donors (Lipinski definition) is 1. The second kappa shape index (κ2) is 9.59. The highest BCUT2D eigenvalue weighted by Crippen LogP contribution is 2.33. The molecule has 0 atom stereocenters. The van der Waals surface area contributed by atoms with E-state index < -0.39 is 17.6 Å². The minimum Gasteiger partial charge on any atom is -0.506 e. The van der Waals surface area contributed by atoms with Crippen LogP contribution in [0.4, 0.5) is 8.78 Å². The fraction of sp³-hybridized carbons (Fsp3) is 0.269. The molecule has 0 spiro atoms. The summed E-state index contributed by atoms with van der Waals surface area (Å²) in [6, 6.07) is 9.36. The van der Waals surface area contributed by atoms with Gasteiger partial charge in [0, 0.05) is 17.7 Å². The number of ether oxygens (including phenoxy) is 1. The van der Waals surface area contributed by atoms with Gasteiger partial charge in [0.25, 0.3) is 0 Å². The van der Waals surface area contributed by atoms with Crippen LogP contribution in [0.1, 0.15) is 41.3 Å². The highest BCUT2D eigenvalue weighted by molar-refractivity contribution is 6.02. The van der Waals surface area contributed by atoms with E-state index in [4.69, 9.17) is 4.74 Å². The molecule has 8 heteroatoms. The molecule has 0 aliphatic carbocycles. The molecule has 0 amide bonds. The molecule has 2 aromatic carbocycles. The molecule has 34 heavy (non-hydrogen) atoms. The average Bonchev–Trinajstić information content (AvgIpc) is 3.24. The molecule has 0 bridgehead atoms. The molecule has 1 N–H and O–H groups in total. The van der Waals surface area contributed by atoms with Crippen molar-refractivity contribution in [1.29, 1.82) is 0 Å². The van der Waals surface area contributed by atoms with Crippen LogP contribution < -0.4 is 4.74 Å². The van der Waals surface area contributed by atoms with Crippen LogP contribution in [0.3, 0.4) is 0 Å². The van der Waals surface area contributed by atoms with Gasteiger partial charge in [0.1, 0.15) is 29.6 Å². The molecule has 1 aromatic heterocycles. The molecule has 0 saturated heterocycles. The predicted molar refractivity (Wildman–Crippen MR) is 123 cm³/mol. The van der Waals surface area contributed by atoms with Crippen LogP contribution in [0.5, 0.6) is 11.5 Å². The van der Waals surface area contributed by atoms with E-state index in [-0.39, 0.29) is 35.8 Å². The highest BCUT2D eigenvalue weighted by atomic mass is 19.1. The molecule has 2 heterocycles. The first kappa shape index (κ1) is 23.4. The molecule has 6 nitrogen and oxygen atoms in total. The maximum Gasteiger partial charge on any atom is 0.340 e. The summed E-state index contributed by atoms with van der Waals surface area (Å²) in [5.74, 6) is -1.52. The van der Waals surface area contributed by atoms with Crippen LogP contribution in [0.15, 0.2) is 41.6 Å². The van der Waals surface area contributed by atoms with Crippen molar-refractivity contribution in [3.8, 4) is 22.8 Å². The first-order chi connectivity index (χ1) is 16.3.